The van der Waals surface area contributed by atoms with Crippen LogP contribution in [0.15, 0.2) is 42.5 Å². The molecule has 0 aromatic heterocycles. The highest BCUT2D eigenvalue weighted by Crippen LogP contribution is 2.28. The van der Waals surface area contributed by atoms with Gasteiger partial charge in [-0.1, -0.05) is 51.1 Å². The Morgan fingerprint density at radius 2 is 1.53 bits per heavy atom. The van der Waals surface area contributed by atoms with Gasteiger partial charge in [-0.05, 0) is 34.2 Å². The first kappa shape index (κ1) is 13.3. The second kappa shape index (κ2) is 4.88. The van der Waals surface area contributed by atoms with E-state index < -0.39 is 0 Å². The predicted octanol–water partition coefficient (Wildman–Crippen LogP) is 4.17. The molecule has 0 aliphatic carbocycles. The Labute approximate surface area is 113 Å². The van der Waals surface area contributed by atoms with Crippen LogP contribution in [-0.4, -0.2) is 11.4 Å². The summed E-state index contributed by atoms with van der Waals surface area (Å²) in [5.74, 6) is 0.0186. The fourth-order valence-electron chi connectivity index (χ4n) is 1.99. The van der Waals surface area contributed by atoms with Crippen molar-refractivity contribution in [1.82, 2.24) is 0 Å². The normalized spacial score (nSPS) is 11.3. The van der Waals surface area contributed by atoms with Gasteiger partial charge in [0.1, 0.15) is 5.75 Å². The maximum absolute atomic E-state index is 10.8. The minimum absolute atomic E-state index is 0.0186. The van der Waals surface area contributed by atoms with E-state index in [1.54, 1.807) is 12.1 Å². The van der Waals surface area contributed by atoms with E-state index in [1.165, 1.54) is 5.56 Å². The van der Waals surface area contributed by atoms with Gasteiger partial charge in [-0.15, -0.1) is 0 Å². The summed E-state index contributed by atoms with van der Waals surface area (Å²) < 4.78 is 0. The predicted molar refractivity (Wildman–Crippen MR) is 77.6 cm³/mol. The van der Waals surface area contributed by atoms with Gasteiger partial charge < -0.3 is 5.11 Å². The Morgan fingerprint density at radius 1 is 0.947 bits per heavy atom. The average molecular weight is 254 g/mol. The highest BCUT2D eigenvalue weighted by Gasteiger charge is 2.13. The molecule has 0 atom stereocenters. The zero-order chi connectivity index (χ0) is 14.0. The fourth-order valence-corrected chi connectivity index (χ4v) is 1.99. The molecule has 0 fully saturated rings. The highest BCUT2D eigenvalue weighted by atomic mass is 16.3. The van der Waals surface area contributed by atoms with Crippen LogP contribution in [0.3, 0.4) is 0 Å². The van der Waals surface area contributed by atoms with E-state index in [-0.39, 0.29) is 11.2 Å². The molecule has 0 bridgehead atoms. The van der Waals surface area contributed by atoms with Crippen LogP contribution < -0.4 is 0 Å². The summed E-state index contributed by atoms with van der Waals surface area (Å²) in [7, 11) is 0. The molecule has 0 radical (unpaired) electrons. The molecule has 0 aliphatic heterocycles. The first-order valence-corrected chi connectivity index (χ1v) is 6.31. The van der Waals surface area contributed by atoms with Gasteiger partial charge in [-0.3, -0.25) is 4.79 Å². The smallest absolute Gasteiger partial charge is 0.153 e. The van der Waals surface area contributed by atoms with Crippen LogP contribution in [0, 0.1) is 0 Å². The largest absolute Gasteiger partial charge is 0.507 e. The van der Waals surface area contributed by atoms with Crippen LogP contribution >= 0.6 is 0 Å². The van der Waals surface area contributed by atoms with Gasteiger partial charge in [0.15, 0.2) is 6.29 Å². The lowest BCUT2D eigenvalue weighted by molar-refractivity contribution is 0.112. The number of rotatable bonds is 2. The van der Waals surface area contributed by atoms with E-state index in [0.29, 0.717) is 11.8 Å². The molecule has 0 saturated heterocycles. The molecule has 2 aromatic rings. The molecule has 0 saturated carbocycles. The lowest BCUT2D eigenvalue weighted by atomic mass is 9.86. The summed E-state index contributed by atoms with van der Waals surface area (Å²) in [6.07, 6.45) is 0.669. The van der Waals surface area contributed by atoms with Gasteiger partial charge in [0, 0.05) is 0 Å². The molecule has 0 amide bonds. The van der Waals surface area contributed by atoms with E-state index in [1.807, 2.05) is 18.2 Å². The van der Waals surface area contributed by atoms with Crippen molar-refractivity contribution >= 4 is 6.29 Å². The van der Waals surface area contributed by atoms with Crippen molar-refractivity contribution in [2.24, 2.45) is 0 Å². The van der Waals surface area contributed by atoms with Crippen molar-refractivity contribution in [2.75, 3.05) is 0 Å². The fraction of sp³-hybridized carbons (Fsp3) is 0.235. The SMILES string of the molecule is CC(C)(C)c1ccc(-c2ccc(O)c(C=O)c2)cc1. The van der Waals surface area contributed by atoms with Gasteiger partial charge >= 0.3 is 0 Å². The Bertz CT molecular complexity index is 590. The Morgan fingerprint density at radius 3 is 2.05 bits per heavy atom. The van der Waals surface area contributed by atoms with Gasteiger partial charge in [-0.25, -0.2) is 0 Å². The molecule has 0 aliphatic rings. The molecular weight excluding hydrogens is 236 g/mol. The van der Waals surface area contributed by atoms with Crippen LogP contribution in [0.2, 0.25) is 0 Å². The molecule has 19 heavy (non-hydrogen) atoms. The minimum atomic E-state index is 0.0186. The molecular formula is C17H18O2. The summed E-state index contributed by atoms with van der Waals surface area (Å²) >= 11 is 0. The zero-order valence-corrected chi connectivity index (χ0v) is 11.5. The van der Waals surface area contributed by atoms with E-state index in [0.717, 1.165) is 11.1 Å². The molecule has 0 spiro atoms. The number of hydrogen-bond acceptors (Lipinski definition) is 2. The van der Waals surface area contributed by atoms with Crippen LogP contribution in [0.25, 0.3) is 11.1 Å². The van der Waals surface area contributed by atoms with Gasteiger partial charge in [-0.2, -0.15) is 0 Å². The zero-order valence-electron chi connectivity index (χ0n) is 11.5. The third kappa shape index (κ3) is 2.84. The minimum Gasteiger partial charge on any atom is -0.507 e. The van der Waals surface area contributed by atoms with E-state index in [2.05, 4.69) is 32.9 Å². The lowest BCUT2D eigenvalue weighted by Crippen LogP contribution is -2.10. The molecule has 2 aromatic carbocycles. The van der Waals surface area contributed by atoms with E-state index in [9.17, 15) is 9.90 Å². The highest BCUT2D eigenvalue weighted by molar-refractivity contribution is 5.82. The van der Waals surface area contributed by atoms with E-state index in [4.69, 9.17) is 0 Å². The van der Waals surface area contributed by atoms with E-state index >= 15 is 0 Å². The molecule has 2 nitrogen and oxygen atoms in total. The number of aldehydes is 1. The summed E-state index contributed by atoms with van der Waals surface area (Å²) in [6, 6.07) is 13.4. The summed E-state index contributed by atoms with van der Waals surface area (Å²) in [5, 5.41) is 9.50. The average Bonchev–Trinajstić information content (AvgIpc) is 2.38. The van der Waals surface area contributed by atoms with Crippen LogP contribution in [0.5, 0.6) is 5.75 Å². The molecule has 0 unspecified atom stereocenters. The molecule has 0 heterocycles. The van der Waals surface area contributed by atoms with Crippen LogP contribution in [-0.2, 0) is 5.41 Å². The maximum Gasteiger partial charge on any atom is 0.153 e. The first-order chi connectivity index (χ1) is 8.91. The number of phenolic OH excluding ortho intramolecular Hbond substituents is 1. The monoisotopic (exact) mass is 254 g/mol. The Balaban J connectivity index is 2.40. The van der Waals surface area contributed by atoms with Crippen LogP contribution in [0.4, 0.5) is 0 Å². The Kier molecular flexibility index (Phi) is 3.43. The van der Waals surface area contributed by atoms with Crippen molar-refractivity contribution in [3.63, 3.8) is 0 Å². The van der Waals surface area contributed by atoms with Crippen LogP contribution in [0.1, 0.15) is 36.7 Å². The van der Waals surface area contributed by atoms with Gasteiger partial charge in [0.2, 0.25) is 0 Å². The number of benzene rings is 2. The second-order valence-corrected chi connectivity index (χ2v) is 5.72. The Hall–Kier alpha value is -2.09. The number of phenols is 1. The summed E-state index contributed by atoms with van der Waals surface area (Å²) in [6.45, 7) is 6.52. The number of hydrogen-bond donors (Lipinski definition) is 1. The van der Waals surface area contributed by atoms with Crippen molar-refractivity contribution in [2.45, 2.75) is 26.2 Å². The standard InChI is InChI=1S/C17H18O2/c1-17(2,3)15-7-4-12(5-8-15)13-6-9-16(19)14(10-13)11-18/h4-11,19H,1-3H3. The third-order valence-electron chi connectivity index (χ3n) is 3.24. The number of carbonyl (C=O) groups excluding carboxylic acids is 1. The van der Waals surface area contributed by atoms with Crippen molar-refractivity contribution < 1.29 is 9.90 Å². The molecule has 1 N–H and O–H groups in total. The lowest BCUT2D eigenvalue weighted by Gasteiger charge is -2.19. The molecule has 2 heteroatoms. The van der Waals surface area contributed by atoms with Gasteiger partial charge in [0.25, 0.3) is 0 Å². The topological polar surface area (TPSA) is 37.3 Å². The second-order valence-electron chi connectivity index (χ2n) is 5.72. The molecule has 98 valence electrons. The number of carbonyl (C=O) groups is 1. The van der Waals surface area contributed by atoms with Crippen molar-refractivity contribution in [3.8, 4) is 16.9 Å². The third-order valence-corrected chi connectivity index (χ3v) is 3.24. The molecule has 2 rings (SSSR count). The van der Waals surface area contributed by atoms with Gasteiger partial charge in [0.05, 0.1) is 5.56 Å². The van der Waals surface area contributed by atoms with Crippen molar-refractivity contribution in [3.05, 3.63) is 53.6 Å². The van der Waals surface area contributed by atoms with Crippen molar-refractivity contribution in [1.29, 1.82) is 0 Å². The first-order valence-electron chi connectivity index (χ1n) is 6.31. The maximum atomic E-state index is 10.8. The summed E-state index contributed by atoms with van der Waals surface area (Å²) in [5.41, 5.74) is 3.68. The quantitative estimate of drug-likeness (QED) is 0.817. The number of aromatic hydroxyl groups is 1. The summed E-state index contributed by atoms with van der Waals surface area (Å²) in [4.78, 5) is 10.8.